The average molecular weight is 254 g/mol. The van der Waals surface area contributed by atoms with Gasteiger partial charge in [0.15, 0.2) is 0 Å². The highest BCUT2D eigenvalue weighted by Gasteiger charge is 2.08. The molecule has 0 bridgehead atoms. The van der Waals surface area contributed by atoms with Crippen LogP contribution in [0.3, 0.4) is 0 Å². The zero-order chi connectivity index (χ0) is 12.3. The van der Waals surface area contributed by atoms with Gasteiger partial charge in [0, 0.05) is 11.9 Å². The molecular formula is C10H14N4O2S. The molecule has 6 nitrogen and oxygen atoms in total. The molecule has 0 aliphatic heterocycles. The van der Waals surface area contributed by atoms with Crippen LogP contribution in [0, 0.1) is 0 Å². The lowest BCUT2D eigenvalue weighted by atomic mass is 10.2. The highest BCUT2D eigenvalue weighted by atomic mass is 32.2. The van der Waals surface area contributed by atoms with Crippen LogP contribution in [0.4, 0.5) is 5.69 Å². The Morgan fingerprint density at radius 2 is 2.24 bits per heavy atom. The second-order valence-electron chi connectivity index (χ2n) is 3.67. The number of benzene rings is 1. The van der Waals surface area contributed by atoms with Crippen LogP contribution in [-0.2, 0) is 10.2 Å². The Morgan fingerprint density at radius 3 is 3.00 bits per heavy atom. The molecule has 0 fully saturated rings. The van der Waals surface area contributed by atoms with Crippen molar-refractivity contribution in [3.63, 3.8) is 0 Å². The standard InChI is InChI=1S/C10H14N4O2S/c1-2-5-12-17(15,16)14-9-4-3-8-7-11-13-10(8)6-9/h3-4,6-7,12,14H,2,5H2,1H3,(H,11,13). The van der Waals surface area contributed by atoms with Crippen LogP contribution in [0.5, 0.6) is 0 Å². The Labute approximate surface area is 99.6 Å². The van der Waals surface area contributed by atoms with Gasteiger partial charge in [0.05, 0.1) is 17.4 Å². The van der Waals surface area contributed by atoms with Crippen LogP contribution in [0.25, 0.3) is 10.9 Å². The fourth-order valence-corrected chi connectivity index (χ4v) is 2.41. The Bertz CT molecular complexity index is 606. The first-order valence-electron chi connectivity index (χ1n) is 5.31. The van der Waals surface area contributed by atoms with E-state index in [0.717, 1.165) is 17.3 Å². The third-order valence-electron chi connectivity index (χ3n) is 2.24. The maximum Gasteiger partial charge on any atom is 0.299 e. The van der Waals surface area contributed by atoms with Gasteiger partial charge < -0.3 is 0 Å². The third-order valence-corrected chi connectivity index (χ3v) is 3.32. The van der Waals surface area contributed by atoms with Gasteiger partial charge in [-0.05, 0) is 24.6 Å². The topological polar surface area (TPSA) is 86.9 Å². The zero-order valence-electron chi connectivity index (χ0n) is 9.40. The molecule has 0 amide bonds. The summed E-state index contributed by atoms with van der Waals surface area (Å²) in [5, 5.41) is 7.59. The summed E-state index contributed by atoms with van der Waals surface area (Å²) in [5.41, 5.74) is 1.30. The van der Waals surface area contributed by atoms with E-state index in [4.69, 9.17) is 0 Å². The highest BCUT2D eigenvalue weighted by Crippen LogP contribution is 2.17. The number of hydrogen-bond donors (Lipinski definition) is 3. The second-order valence-corrected chi connectivity index (χ2v) is 5.17. The first kappa shape index (κ1) is 11.9. The molecule has 1 aromatic heterocycles. The fraction of sp³-hybridized carbons (Fsp3) is 0.300. The lowest BCUT2D eigenvalue weighted by molar-refractivity contribution is 0.586. The van der Waals surface area contributed by atoms with Crippen LogP contribution < -0.4 is 9.44 Å². The van der Waals surface area contributed by atoms with Gasteiger partial charge in [-0.3, -0.25) is 9.82 Å². The molecule has 0 saturated heterocycles. The Hall–Kier alpha value is -1.60. The van der Waals surface area contributed by atoms with Crippen LogP contribution in [-0.4, -0.2) is 25.2 Å². The molecule has 1 heterocycles. The van der Waals surface area contributed by atoms with Gasteiger partial charge in [-0.15, -0.1) is 0 Å². The van der Waals surface area contributed by atoms with Crippen molar-refractivity contribution >= 4 is 26.8 Å². The zero-order valence-corrected chi connectivity index (χ0v) is 10.2. The summed E-state index contributed by atoms with van der Waals surface area (Å²) in [5.74, 6) is 0. The highest BCUT2D eigenvalue weighted by molar-refractivity contribution is 7.90. The smallest absolute Gasteiger partial charge is 0.278 e. The summed E-state index contributed by atoms with van der Waals surface area (Å²) in [6.45, 7) is 2.32. The van der Waals surface area contributed by atoms with E-state index in [1.807, 2.05) is 6.92 Å². The molecule has 0 spiro atoms. The molecule has 3 N–H and O–H groups in total. The van der Waals surface area contributed by atoms with Gasteiger partial charge >= 0.3 is 0 Å². The lowest BCUT2D eigenvalue weighted by Gasteiger charge is -2.08. The molecule has 2 rings (SSSR count). The van der Waals surface area contributed by atoms with E-state index in [9.17, 15) is 8.42 Å². The molecular weight excluding hydrogens is 240 g/mol. The summed E-state index contributed by atoms with van der Waals surface area (Å²) in [6, 6.07) is 5.20. The summed E-state index contributed by atoms with van der Waals surface area (Å²) in [7, 11) is -3.48. The minimum atomic E-state index is -3.48. The number of H-pyrrole nitrogens is 1. The summed E-state index contributed by atoms with van der Waals surface area (Å²) in [4.78, 5) is 0. The predicted octanol–water partition coefficient (Wildman–Crippen LogP) is 1.22. The number of aromatic nitrogens is 2. The van der Waals surface area contributed by atoms with Crippen molar-refractivity contribution in [1.82, 2.24) is 14.9 Å². The predicted molar refractivity (Wildman–Crippen MR) is 66.9 cm³/mol. The van der Waals surface area contributed by atoms with Gasteiger partial charge in [-0.2, -0.15) is 18.2 Å². The van der Waals surface area contributed by atoms with Crippen LogP contribution in [0.2, 0.25) is 0 Å². The van der Waals surface area contributed by atoms with Crippen molar-refractivity contribution in [1.29, 1.82) is 0 Å². The normalized spacial score (nSPS) is 11.8. The van der Waals surface area contributed by atoms with Crippen LogP contribution in [0.15, 0.2) is 24.4 Å². The molecule has 92 valence electrons. The van der Waals surface area contributed by atoms with E-state index in [1.54, 1.807) is 24.4 Å². The Morgan fingerprint density at radius 1 is 1.41 bits per heavy atom. The third kappa shape index (κ3) is 2.95. The number of rotatable bonds is 5. The number of anilines is 1. The van der Waals surface area contributed by atoms with Gasteiger partial charge in [0.1, 0.15) is 0 Å². The SMILES string of the molecule is CCCNS(=O)(=O)Nc1ccc2cn[nH]c2c1. The van der Waals surface area contributed by atoms with Gasteiger partial charge in [-0.1, -0.05) is 6.92 Å². The quantitative estimate of drug-likeness (QED) is 0.749. The largest absolute Gasteiger partial charge is 0.299 e. The number of nitrogens with one attached hydrogen (secondary N) is 3. The maximum absolute atomic E-state index is 11.6. The molecule has 7 heteroatoms. The number of nitrogens with zero attached hydrogens (tertiary/aromatic N) is 1. The van der Waals surface area contributed by atoms with Crippen molar-refractivity contribution in [2.75, 3.05) is 11.3 Å². The Balaban J connectivity index is 2.17. The lowest BCUT2D eigenvalue weighted by Crippen LogP contribution is -2.30. The first-order chi connectivity index (χ1) is 8.11. The van der Waals surface area contributed by atoms with Gasteiger partial charge in [0.25, 0.3) is 10.2 Å². The summed E-state index contributed by atoms with van der Waals surface area (Å²) < 4.78 is 28.1. The van der Waals surface area contributed by atoms with E-state index in [1.165, 1.54) is 0 Å². The molecule has 0 unspecified atom stereocenters. The van der Waals surface area contributed by atoms with Crippen molar-refractivity contribution in [2.24, 2.45) is 0 Å². The average Bonchev–Trinajstić information content (AvgIpc) is 2.73. The minimum Gasteiger partial charge on any atom is -0.278 e. The molecule has 0 aliphatic carbocycles. The van der Waals surface area contributed by atoms with Crippen molar-refractivity contribution in [2.45, 2.75) is 13.3 Å². The fourth-order valence-electron chi connectivity index (χ4n) is 1.43. The monoisotopic (exact) mass is 254 g/mol. The summed E-state index contributed by atoms with van der Waals surface area (Å²) in [6.07, 6.45) is 2.43. The molecule has 0 radical (unpaired) electrons. The van der Waals surface area contributed by atoms with Crippen molar-refractivity contribution in [3.8, 4) is 0 Å². The number of fused-ring (bicyclic) bond motifs is 1. The van der Waals surface area contributed by atoms with E-state index >= 15 is 0 Å². The molecule has 0 atom stereocenters. The van der Waals surface area contributed by atoms with E-state index in [-0.39, 0.29) is 0 Å². The molecule has 17 heavy (non-hydrogen) atoms. The number of hydrogen-bond acceptors (Lipinski definition) is 3. The maximum atomic E-state index is 11.6. The molecule has 1 aromatic carbocycles. The Kier molecular flexibility index (Phi) is 3.30. The molecule has 0 saturated carbocycles. The molecule has 0 aliphatic rings. The van der Waals surface area contributed by atoms with E-state index in [2.05, 4.69) is 19.6 Å². The van der Waals surface area contributed by atoms with E-state index < -0.39 is 10.2 Å². The number of aromatic amines is 1. The van der Waals surface area contributed by atoms with Gasteiger partial charge in [-0.25, -0.2) is 0 Å². The first-order valence-corrected chi connectivity index (χ1v) is 6.79. The van der Waals surface area contributed by atoms with Gasteiger partial charge in [0.2, 0.25) is 0 Å². The van der Waals surface area contributed by atoms with Crippen molar-refractivity contribution in [3.05, 3.63) is 24.4 Å². The van der Waals surface area contributed by atoms with E-state index in [0.29, 0.717) is 12.2 Å². The summed E-state index contributed by atoms with van der Waals surface area (Å²) >= 11 is 0. The van der Waals surface area contributed by atoms with Crippen molar-refractivity contribution < 1.29 is 8.42 Å². The van der Waals surface area contributed by atoms with Crippen LogP contribution in [0.1, 0.15) is 13.3 Å². The minimum absolute atomic E-state index is 0.418. The second kappa shape index (κ2) is 4.72. The van der Waals surface area contributed by atoms with Crippen LogP contribution >= 0.6 is 0 Å². The molecule has 2 aromatic rings.